The highest BCUT2D eigenvalue weighted by atomic mass is 35.5. The van der Waals surface area contributed by atoms with Gasteiger partial charge in [0.2, 0.25) is 0 Å². The molecule has 2 aromatic rings. The Hall–Kier alpha value is -2.22. The zero-order chi connectivity index (χ0) is 17.9. The van der Waals surface area contributed by atoms with Crippen molar-refractivity contribution in [1.29, 1.82) is 5.26 Å². The van der Waals surface area contributed by atoms with Crippen LogP contribution in [0.25, 0.3) is 6.08 Å². The second-order valence-electron chi connectivity index (χ2n) is 5.32. The maximum atomic E-state index is 12.4. The lowest BCUT2D eigenvalue weighted by Gasteiger charge is -2.07. The van der Waals surface area contributed by atoms with Crippen LogP contribution in [-0.2, 0) is 11.3 Å². The average Bonchev–Trinajstić information content (AvgIpc) is 2.80. The van der Waals surface area contributed by atoms with Gasteiger partial charge in [0.05, 0.1) is 10.7 Å². The van der Waals surface area contributed by atoms with Gasteiger partial charge in [-0.1, -0.05) is 23.2 Å². The van der Waals surface area contributed by atoms with Crippen LogP contribution in [0.1, 0.15) is 23.9 Å². The van der Waals surface area contributed by atoms with Gasteiger partial charge in [-0.3, -0.25) is 4.79 Å². The van der Waals surface area contributed by atoms with Crippen LogP contribution in [0.4, 0.5) is 5.69 Å². The average molecular weight is 362 g/mol. The molecule has 0 fully saturated rings. The van der Waals surface area contributed by atoms with Gasteiger partial charge in [0.25, 0.3) is 5.91 Å². The topological polar surface area (TPSA) is 57.8 Å². The molecule has 0 aliphatic heterocycles. The predicted molar refractivity (Wildman–Crippen MR) is 98.3 cm³/mol. The Labute approximate surface area is 151 Å². The van der Waals surface area contributed by atoms with E-state index in [4.69, 9.17) is 23.2 Å². The number of halogens is 2. The van der Waals surface area contributed by atoms with Crippen LogP contribution in [0.15, 0.2) is 29.8 Å². The molecule has 0 saturated heterocycles. The Morgan fingerprint density at radius 2 is 2.04 bits per heavy atom. The number of anilines is 1. The normalized spacial score (nSPS) is 11.2. The first-order valence-corrected chi connectivity index (χ1v) is 8.17. The number of carbonyl (C=O) groups is 1. The van der Waals surface area contributed by atoms with E-state index in [1.165, 1.54) is 6.07 Å². The number of hydrogen-bond acceptors (Lipinski definition) is 2. The second kappa shape index (κ2) is 7.57. The van der Waals surface area contributed by atoms with E-state index in [0.717, 1.165) is 23.5 Å². The van der Waals surface area contributed by atoms with E-state index < -0.39 is 5.91 Å². The summed E-state index contributed by atoms with van der Waals surface area (Å²) in [6, 6.07) is 8.65. The summed E-state index contributed by atoms with van der Waals surface area (Å²) in [6.07, 6.45) is 1.59. The van der Waals surface area contributed by atoms with E-state index in [1.54, 1.807) is 18.2 Å². The summed E-state index contributed by atoms with van der Waals surface area (Å²) in [5.41, 5.74) is 3.37. The summed E-state index contributed by atoms with van der Waals surface area (Å²) in [5.74, 6) is -0.511. The van der Waals surface area contributed by atoms with Gasteiger partial charge in [0, 0.05) is 23.0 Å². The lowest BCUT2D eigenvalue weighted by atomic mass is 10.1. The minimum atomic E-state index is -0.511. The van der Waals surface area contributed by atoms with Crippen LogP contribution in [-0.4, -0.2) is 10.5 Å². The van der Waals surface area contributed by atoms with Crippen LogP contribution >= 0.6 is 23.2 Å². The highest BCUT2D eigenvalue weighted by Gasteiger charge is 2.14. The SMILES string of the molecule is CCn1c(C)cc(/C=C(/C#N)C(=O)Nc2ccc(Cl)cc2Cl)c1C. The molecule has 4 nitrogen and oxygen atoms in total. The molecule has 1 aromatic carbocycles. The molecule has 124 valence electrons. The number of nitrogens with zero attached hydrogens (tertiary/aromatic N) is 2. The monoisotopic (exact) mass is 361 g/mol. The van der Waals surface area contributed by atoms with E-state index in [2.05, 4.69) is 9.88 Å². The molecule has 1 amide bonds. The highest BCUT2D eigenvalue weighted by Crippen LogP contribution is 2.26. The molecule has 6 heteroatoms. The molecule has 0 aliphatic carbocycles. The van der Waals surface area contributed by atoms with Gasteiger partial charge < -0.3 is 9.88 Å². The van der Waals surface area contributed by atoms with Gasteiger partial charge in [-0.05, 0) is 56.7 Å². The van der Waals surface area contributed by atoms with Crippen molar-refractivity contribution in [2.75, 3.05) is 5.32 Å². The molecule has 24 heavy (non-hydrogen) atoms. The van der Waals surface area contributed by atoms with Crippen molar-refractivity contribution in [1.82, 2.24) is 4.57 Å². The third-order valence-electron chi connectivity index (χ3n) is 3.77. The van der Waals surface area contributed by atoms with Gasteiger partial charge in [0.1, 0.15) is 11.6 Å². The molecule has 0 radical (unpaired) electrons. The molecule has 0 atom stereocenters. The van der Waals surface area contributed by atoms with Gasteiger partial charge in [0.15, 0.2) is 0 Å². The molecule has 0 spiro atoms. The number of amides is 1. The Balaban J connectivity index is 2.31. The van der Waals surface area contributed by atoms with Crippen molar-refractivity contribution in [2.45, 2.75) is 27.3 Å². The molecule has 0 aliphatic rings. The molecule has 1 heterocycles. The Morgan fingerprint density at radius 3 is 2.58 bits per heavy atom. The maximum absolute atomic E-state index is 12.4. The van der Waals surface area contributed by atoms with Crippen molar-refractivity contribution in [3.63, 3.8) is 0 Å². The summed E-state index contributed by atoms with van der Waals surface area (Å²) in [5, 5.41) is 12.8. The van der Waals surface area contributed by atoms with Crippen molar-refractivity contribution in [2.24, 2.45) is 0 Å². The molecular weight excluding hydrogens is 345 g/mol. The van der Waals surface area contributed by atoms with Gasteiger partial charge in [-0.15, -0.1) is 0 Å². The van der Waals surface area contributed by atoms with Crippen molar-refractivity contribution >= 4 is 40.9 Å². The van der Waals surface area contributed by atoms with E-state index in [0.29, 0.717) is 15.7 Å². The summed E-state index contributed by atoms with van der Waals surface area (Å²) in [7, 11) is 0. The summed E-state index contributed by atoms with van der Waals surface area (Å²) >= 11 is 11.9. The van der Waals surface area contributed by atoms with Crippen LogP contribution in [0.5, 0.6) is 0 Å². The Bertz CT molecular complexity index is 860. The maximum Gasteiger partial charge on any atom is 0.266 e. The zero-order valence-electron chi connectivity index (χ0n) is 13.7. The van der Waals surface area contributed by atoms with E-state index in [1.807, 2.05) is 32.9 Å². The Morgan fingerprint density at radius 1 is 1.33 bits per heavy atom. The van der Waals surface area contributed by atoms with Crippen LogP contribution in [0.2, 0.25) is 10.0 Å². The largest absolute Gasteiger partial charge is 0.349 e. The number of rotatable bonds is 4. The first-order valence-electron chi connectivity index (χ1n) is 7.42. The molecule has 0 saturated carbocycles. The Kier molecular flexibility index (Phi) is 5.71. The minimum absolute atomic E-state index is 0.0115. The van der Waals surface area contributed by atoms with Crippen LogP contribution in [0.3, 0.4) is 0 Å². The highest BCUT2D eigenvalue weighted by molar-refractivity contribution is 6.36. The molecule has 0 bridgehead atoms. The lowest BCUT2D eigenvalue weighted by Crippen LogP contribution is -2.13. The first-order chi connectivity index (χ1) is 11.4. The molecule has 0 unspecified atom stereocenters. The number of hydrogen-bond donors (Lipinski definition) is 1. The van der Waals surface area contributed by atoms with E-state index in [9.17, 15) is 10.1 Å². The third-order valence-corrected chi connectivity index (χ3v) is 4.32. The fourth-order valence-electron chi connectivity index (χ4n) is 2.55. The number of carbonyl (C=O) groups excluding carboxylic acids is 1. The van der Waals surface area contributed by atoms with Crippen molar-refractivity contribution in [3.05, 3.63) is 56.8 Å². The number of nitriles is 1. The van der Waals surface area contributed by atoms with Crippen LogP contribution in [0, 0.1) is 25.2 Å². The van der Waals surface area contributed by atoms with Gasteiger partial charge in [-0.25, -0.2) is 0 Å². The van der Waals surface area contributed by atoms with E-state index in [-0.39, 0.29) is 5.57 Å². The number of aromatic nitrogens is 1. The van der Waals surface area contributed by atoms with Gasteiger partial charge in [-0.2, -0.15) is 5.26 Å². The fourth-order valence-corrected chi connectivity index (χ4v) is 3.00. The second-order valence-corrected chi connectivity index (χ2v) is 6.16. The fraction of sp³-hybridized carbons (Fsp3) is 0.222. The van der Waals surface area contributed by atoms with E-state index >= 15 is 0 Å². The first kappa shape index (κ1) is 18.1. The summed E-state index contributed by atoms with van der Waals surface area (Å²) in [4.78, 5) is 12.4. The van der Waals surface area contributed by atoms with Crippen molar-refractivity contribution in [3.8, 4) is 6.07 Å². The van der Waals surface area contributed by atoms with Gasteiger partial charge >= 0.3 is 0 Å². The summed E-state index contributed by atoms with van der Waals surface area (Å²) < 4.78 is 2.12. The third kappa shape index (κ3) is 3.81. The molecule has 1 N–H and O–H groups in total. The van der Waals surface area contributed by atoms with Crippen LogP contribution < -0.4 is 5.32 Å². The summed E-state index contributed by atoms with van der Waals surface area (Å²) in [6.45, 7) is 6.84. The zero-order valence-corrected chi connectivity index (χ0v) is 15.2. The standard InChI is InChI=1S/C18H17Cl2N3O/c1-4-23-11(2)7-13(12(23)3)8-14(10-21)18(24)22-17-6-5-15(19)9-16(17)20/h5-9H,4H2,1-3H3,(H,22,24)/b14-8-. The molecular formula is C18H17Cl2N3O. The molecule has 2 rings (SSSR count). The number of nitrogens with one attached hydrogen (secondary N) is 1. The lowest BCUT2D eigenvalue weighted by molar-refractivity contribution is -0.112. The molecule has 1 aromatic heterocycles. The number of aryl methyl sites for hydroxylation is 1. The van der Waals surface area contributed by atoms with Crippen molar-refractivity contribution < 1.29 is 4.79 Å². The predicted octanol–water partition coefficient (Wildman–Crippen LogP) is 4.98. The minimum Gasteiger partial charge on any atom is -0.349 e. The number of benzene rings is 1. The quantitative estimate of drug-likeness (QED) is 0.616. The smallest absolute Gasteiger partial charge is 0.266 e.